The predicted molar refractivity (Wildman–Crippen MR) is 85.9 cm³/mol. The smallest absolute Gasteiger partial charge is 0.0815 e. The molecule has 20 heavy (non-hydrogen) atoms. The van der Waals surface area contributed by atoms with E-state index < -0.39 is 0 Å². The van der Waals surface area contributed by atoms with E-state index in [1.54, 1.807) is 0 Å². The monoisotopic (exact) mass is 333 g/mol. The second-order valence-corrected chi connectivity index (χ2v) is 6.31. The largest absolute Gasteiger partial charge is 0.378 e. The molecule has 1 aliphatic rings. The fraction of sp³-hybridized carbons (Fsp3) is 0.438. The van der Waals surface area contributed by atoms with Crippen LogP contribution in [-0.4, -0.2) is 9.78 Å². The molecule has 1 saturated carbocycles. The third kappa shape index (κ3) is 2.90. The van der Waals surface area contributed by atoms with E-state index in [9.17, 15) is 0 Å². The van der Waals surface area contributed by atoms with Crippen molar-refractivity contribution in [3.05, 3.63) is 46.2 Å². The van der Waals surface area contributed by atoms with Crippen molar-refractivity contribution in [3.8, 4) is 0 Å². The maximum atomic E-state index is 4.70. The van der Waals surface area contributed by atoms with E-state index in [0.29, 0.717) is 6.04 Å². The number of nitrogens with zero attached hydrogens (tertiary/aromatic N) is 2. The minimum Gasteiger partial charge on any atom is -0.378 e. The van der Waals surface area contributed by atoms with Crippen LogP contribution in [0.2, 0.25) is 0 Å². The summed E-state index contributed by atoms with van der Waals surface area (Å²) in [6, 6.07) is 9.00. The average Bonchev–Trinajstić information content (AvgIpc) is 3.10. The summed E-state index contributed by atoms with van der Waals surface area (Å²) in [5.74, 6) is 0. The molecule has 3 rings (SSSR count). The summed E-state index contributed by atoms with van der Waals surface area (Å²) in [5, 5.41) is 8.15. The van der Waals surface area contributed by atoms with Crippen molar-refractivity contribution >= 4 is 21.6 Å². The van der Waals surface area contributed by atoms with Gasteiger partial charge in [0.25, 0.3) is 0 Å². The molecule has 0 bridgehead atoms. The molecule has 0 aliphatic heterocycles. The first-order chi connectivity index (χ1) is 9.74. The molecule has 1 aliphatic carbocycles. The van der Waals surface area contributed by atoms with Crippen LogP contribution in [-0.2, 0) is 6.54 Å². The lowest BCUT2D eigenvalue weighted by Crippen LogP contribution is -2.07. The van der Waals surface area contributed by atoms with Gasteiger partial charge in [-0.2, -0.15) is 5.10 Å². The first kappa shape index (κ1) is 13.7. The van der Waals surface area contributed by atoms with E-state index in [4.69, 9.17) is 5.10 Å². The fourth-order valence-electron chi connectivity index (χ4n) is 2.81. The molecule has 1 aromatic heterocycles. The summed E-state index contributed by atoms with van der Waals surface area (Å²) in [4.78, 5) is 0. The molecule has 0 saturated heterocycles. The zero-order valence-electron chi connectivity index (χ0n) is 11.8. The van der Waals surface area contributed by atoms with Crippen LogP contribution >= 0.6 is 15.9 Å². The lowest BCUT2D eigenvalue weighted by atomic mass is 10.2. The zero-order chi connectivity index (χ0) is 13.9. The van der Waals surface area contributed by atoms with E-state index in [0.717, 1.165) is 22.4 Å². The highest BCUT2D eigenvalue weighted by molar-refractivity contribution is 9.10. The Morgan fingerprint density at radius 3 is 2.90 bits per heavy atom. The van der Waals surface area contributed by atoms with Gasteiger partial charge in [-0.15, -0.1) is 0 Å². The molecule has 0 radical (unpaired) electrons. The summed E-state index contributed by atoms with van der Waals surface area (Å²) >= 11 is 3.62. The summed E-state index contributed by atoms with van der Waals surface area (Å²) < 4.78 is 3.28. The van der Waals surface area contributed by atoms with Crippen molar-refractivity contribution in [2.24, 2.45) is 0 Å². The normalized spacial score (nSPS) is 15.7. The molecule has 1 fully saturated rings. The van der Waals surface area contributed by atoms with Crippen LogP contribution in [0.5, 0.6) is 0 Å². The van der Waals surface area contributed by atoms with Crippen molar-refractivity contribution in [1.82, 2.24) is 9.78 Å². The Balaban J connectivity index is 1.65. The van der Waals surface area contributed by atoms with Crippen LogP contribution in [0.3, 0.4) is 0 Å². The van der Waals surface area contributed by atoms with Crippen molar-refractivity contribution in [1.29, 1.82) is 0 Å². The molecular weight excluding hydrogens is 314 g/mol. The number of aromatic nitrogens is 2. The van der Waals surface area contributed by atoms with Gasteiger partial charge in [0.1, 0.15) is 0 Å². The number of benzene rings is 1. The summed E-state index contributed by atoms with van der Waals surface area (Å²) in [6.45, 7) is 2.87. The number of aryl methyl sites for hydroxylation is 1. The van der Waals surface area contributed by atoms with Crippen LogP contribution in [0.25, 0.3) is 0 Å². The highest BCUT2D eigenvalue weighted by Crippen LogP contribution is 2.29. The van der Waals surface area contributed by atoms with Gasteiger partial charge in [0, 0.05) is 16.4 Å². The molecule has 4 heteroatoms. The first-order valence-electron chi connectivity index (χ1n) is 7.27. The second-order valence-electron chi connectivity index (χ2n) is 5.52. The van der Waals surface area contributed by atoms with Crippen LogP contribution in [0.15, 0.2) is 34.9 Å². The highest BCUT2D eigenvalue weighted by Gasteiger charge is 2.17. The van der Waals surface area contributed by atoms with Gasteiger partial charge in [0.05, 0.1) is 18.3 Å². The third-order valence-electron chi connectivity index (χ3n) is 4.01. The van der Waals surface area contributed by atoms with Gasteiger partial charge in [-0.05, 0) is 53.4 Å². The van der Waals surface area contributed by atoms with Gasteiger partial charge in [0.15, 0.2) is 0 Å². The van der Waals surface area contributed by atoms with Gasteiger partial charge < -0.3 is 5.32 Å². The number of hydrogen-bond acceptors (Lipinski definition) is 2. The van der Waals surface area contributed by atoms with Gasteiger partial charge >= 0.3 is 0 Å². The maximum Gasteiger partial charge on any atom is 0.0815 e. The van der Waals surface area contributed by atoms with E-state index in [1.165, 1.54) is 31.2 Å². The molecule has 0 amide bonds. The lowest BCUT2D eigenvalue weighted by molar-refractivity contribution is 0.463. The Hall–Kier alpha value is -1.29. The zero-order valence-corrected chi connectivity index (χ0v) is 13.4. The molecule has 1 N–H and O–H groups in total. The Bertz CT molecular complexity index is 585. The molecule has 0 spiro atoms. The number of halogens is 1. The molecule has 106 valence electrons. The Morgan fingerprint density at radius 2 is 2.10 bits per heavy atom. The Morgan fingerprint density at radius 1 is 1.30 bits per heavy atom. The molecule has 0 unspecified atom stereocenters. The number of hydrogen-bond donors (Lipinski definition) is 1. The number of anilines is 1. The first-order valence-corrected chi connectivity index (χ1v) is 8.06. The lowest BCUT2D eigenvalue weighted by Gasteiger charge is -2.10. The van der Waals surface area contributed by atoms with Crippen molar-refractivity contribution in [2.45, 2.75) is 45.2 Å². The van der Waals surface area contributed by atoms with Crippen molar-refractivity contribution < 1.29 is 0 Å². The van der Waals surface area contributed by atoms with E-state index in [1.807, 2.05) is 0 Å². The second kappa shape index (κ2) is 6.00. The Kier molecular flexibility index (Phi) is 4.10. The molecule has 1 heterocycles. The highest BCUT2D eigenvalue weighted by atomic mass is 79.9. The van der Waals surface area contributed by atoms with Crippen LogP contribution < -0.4 is 5.32 Å². The standard InChI is InChI=1S/C16H20BrN3/c1-12-5-4-8-15(16(12)17)18-11-13-9-10-20(19-13)14-6-2-3-7-14/h4-5,8-10,14,18H,2-3,6-7,11H2,1H3. The van der Waals surface area contributed by atoms with E-state index >= 15 is 0 Å². The molecular formula is C16H20BrN3. The third-order valence-corrected chi connectivity index (χ3v) is 5.07. The minimum absolute atomic E-state index is 0.620. The predicted octanol–water partition coefficient (Wildman–Crippen LogP) is 4.68. The molecule has 2 aromatic rings. The van der Waals surface area contributed by atoms with E-state index in [2.05, 4.69) is 63.3 Å². The van der Waals surface area contributed by atoms with Gasteiger partial charge in [-0.1, -0.05) is 25.0 Å². The fourth-order valence-corrected chi connectivity index (χ4v) is 3.22. The SMILES string of the molecule is Cc1cccc(NCc2ccn(C3CCCC3)n2)c1Br. The van der Waals surface area contributed by atoms with Gasteiger partial charge in [0.2, 0.25) is 0 Å². The quantitative estimate of drug-likeness (QED) is 0.880. The van der Waals surface area contributed by atoms with Gasteiger partial charge in [-0.25, -0.2) is 0 Å². The van der Waals surface area contributed by atoms with Crippen LogP contribution in [0.1, 0.15) is 43.0 Å². The van der Waals surface area contributed by atoms with Crippen molar-refractivity contribution in [3.63, 3.8) is 0 Å². The Labute approximate surface area is 128 Å². The summed E-state index contributed by atoms with van der Waals surface area (Å²) in [5.41, 5.74) is 3.47. The van der Waals surface area contributed by atoms with Crippen LogP contribution in [0.4, 0.5) is 5.69 Å². The molecule has 0 atom stereocenters. The summed E-state index contributed by atoms with van der Waals surface area (Å²) in [7, 11) is 0. The van der Waals surface area contributed by atoms with Gasteiger partial charge in [-0.3, -0.25) is 4.68 Å². The number of nitrogens with one attached hydrogen (secondary N) is 1. The molecule has 3 nitrogen and oxygen atoms in total. The average molecular weight is 334 g/mol. The van der Waals surface area contributed by atoms with Crippen LogP contribution in [0, 0.1) is 6.92 Å². The topological polar surface area (TPSA) is 29.9 Å². The minimum atomic E-state index is 0.620. The van der Waals surface area contributed by atoms with E-state index in [-0.39, 0.29) is 0 Å². The summed E-state index contributed by atoms with van der Waals surface area (Å²) in [6.07, 6.45) is 7.36. The number of rotatable bonds is 4. The molecule has 1 aromatic carbocycles. The van der Waals surface area contributed by atoms with Crippen molar-refractivity contribution in [2.75, 3.05) is 5.32 Å². The maximum absolute atomic E-state index is 4.70.